The first kappa shape index (κ1) is 95.1. The van der Waals surface area contributed by atoms with Gasteiger partial charge in [-0.05, 0) is 43.4 Å². The van der Waals surface area contributed by atoms with Gasteiger partial charge in [0.25, 0.3) is 0 Å². The molecule has 97 heavy (non-hydrogen) atoms. The number of esters is 4. The van der Waals surface area contributed by atoms with E-state index in [1.807, 2.05) is 0 Å². The van der Waals surface area contributed by atoms with Gasteiger partial charge in [0.2, 0.25) is 0 Å². The molecule has 0 rings (SSSR count). The molecule has 3 N–H and O–H groups in total. The zero-order valence-electron chi connectivity index (χ0n) is 63.5. The first-order valence-corrected chi connectivity index (χ1v) is 43.4. The van der Waals surface area contributed by atoms with Crippen molar-refractivity contribution >= 4 is 39.5 Å². The molecule has 0 aliphatic rings. The van der Waals surface area contributed by atoms with E-state index in [0.717, 1.165) is 108 Å². The topological polar surface area (TPSA) is 237 Å². The maximum absolute atomic E-state index is 13.1. The van der Waals surface area contributed by atoms with Crippen LogP contribution in [0.4, 0.5) is 0 Å². The number of carbonyl (C=O) groups is 4. The summed E-state index contributed by atoms with van der Waals surface area (Å²) in [6.45, 7) is 11.9. The summed E-state index contributed by atoms with van der Waals surface area (Å²) in [7, 11) is -9.92. The van der Waals surface area contributed by atoms with Gasteiger partial charge in [-0.15, -0.1) is 0 Å². The number of phosphoric acid groups is 2. The molecule has 0 fully saturated rings. The van der Waals surface area contributed by atoms with Crippen LogP contribution in [-0.4, -0.2) is 96.7 Å². The number of aliphatic hydroxyl groups excluding tert-OH is 1. The summed E-state index contributed by atoms with van der Waals surface area (Å²) in [4.78, 5) is 72.9. The van der Waals surface area contributed by atoms with Gasteiger partial charge in [0.05, 0.1) is 26.4 Å². The van der Waals surface area contributed by atoms with E-state index in [2.05, 4.69) is 48.5 Å². The Morgan fingerprint density at radius 1 is 0.299 bits per heavy atom. The average Bonchev–Trinajstić information content (AvgIpc) is 1.44. The standard InChI is InChI=1S/C78H152O17P2/c1-8-10-11-12-13-14-15-16-17-18-22-25-30-38-45-52-59-75(80)88-65-73(94-77(82)61-54-47-40-31-26-23-20-19-21-24-29-37-44-51-58-71(7)9-2)67-92-96(84,85)90-63-72(79)64-91-97(86,87)93-68-74(66-89-76(81)60-53-46-39-34-33-36-43-50-57-70(5)6)95-78(83)62-55-48-41-32-27-28-35-42-49-56-69(3)4/h69-74,79H,8-68H2,1-7H3,(H,84,85)(H,86,87)/t71?,72-,73-,74-/m1/s1. The van der Waals surface area contributed by atoms with Crippen LogP contribution in [0.25, 0.3) is 0 Å². The molecular weight excluding hydrogens is 1270 g/mol. The Hall–Kier alpha value is -1.94. The second-order valence-electron chi connectivity index (χ2n) is 29.3. The van der Waals surface area contributed by atoms with Crippen molar-refractivity contribution in [1.82, 2.24) is 0 Å². The molecule has 0 saturated carbocycles. The third-order valence-electron chi connectivity index (χ3n) is 18.5. The highest BCUT2D eigenvalue weighted by atomic mass is 31.2. The Labute approximate surface area is 594 Å². The molecule has 0 radical (unpaired) electrons. The van der Waals surface area contributed by atoms with Gasteiger partial charge in [0.15, 0.2) is 12.2 Å². The van der Waals surface area contributed by atoms with Crippen molar-refractivity contribution in [3.63, 3.8) is 0 Å². The van der Waals surface area contributed by atoms with E-state index in [-0.39, 0.29) is 25.7 Å². The molecule has 17 nitrogen and oxygen atoms in total. The minimum absolute atomic E-state index is 0.105. The number of hydrogen-bond donors (Lipinski definition) is 3. The van der Waals surface area contributed by atoms with Crippen molar-refractivity contribution in [2.24, 2.45) is 17.8 Å². The van der Waals surface area contributed by atoms with Crippen LogP contribution in [0.5, 0.6) is 0 Å². The van der Waals surface area contributed by atoms with Crippen molar-refractivity contribution in [2.75, 3.05) is 39.6 Å². The lowest BCUT2D eigenvalue weighted by Crippen LogP contribution is -2.30. The van der Waals surface area contributed by atoms with Gasteiger partial charge < -0.3 is 33.8 Å². The molecule has 6 atom stereocenters. The number of unbranched alkanes of at least 4 members (excludes halogenated alkanes) is 43. The quantitative estimate of drug-likeness (QED) is 0.0222. The van der Waals surface area contributed by atoms with Gasteiger partial charge in [0, 0.05) is 25.7 Å². The van der Waals surface area contributed by atoms with E-state index < -0.39 is 97.5 Å². The van der Waals surface area contributed by atoms with Crippen LogP contribution in [0.2, 0.25) is 0 Å². The van der Waals surface area contributed by atoms with E-state index in [1.165, 1.54) is 212 Å². The van der Waals surface area contributed by atoms with Crippen molar-refractivity contribution in [2.45, 2.75) is 420 Å². The lowest BCUT2D eigenvalue weighted by molar-refractivity contribution is -0.161. The highest BCUT2D eigenvalue weighted by Crippen LogP contribution is 2.45. The Bertz CT molecular complexity index is 1890. The largest absolute Gasteiger partial charge is 0.472 e. The molecule has 0 amide bonds. The predicted molar refractivity (Wildman–Crippen MR) is 395 cm³/mol. The second kappa shape index (κ2) is 68.5. The van der Waals surface area contributed by atoms with Crippen LogP contribution < -0.4 is 0 Å². The van der Waals surface area contributed by atoms with Gasteiger partial charge in [0.1, 0.15) is 19.3 Å². The summed E-state index contributed by atoms with van der Waals surface area (Å²) in [5.74, 6) is 0.193. The Morgan fingerprint density at radius 3 is 0.784 bits per heavy atom. The molecule has 3 unspecified atom stereocenters. The Balaban J connectivity index is 5.25. The van der Waals surface area contributed by atoms with E-state index in [1.54, 1.807) is 0 Å². The predicted octanol–water partition coefficient (Wildman–Crippen LogP) is 23.0. The van der Waals surface area contributed by atoms with E-state index in [0.29, 0.717) is 25.7 Å². The van der Waals surface area contributed by atoms with Crippen molar-refractivity contribution in [3.8, 4) is 0 Å². The van der Waals surface area contributed by atoms with Gasteiger partial charge in [-0.2, -0.15) is 0 Å². The molecule has 0 aromatic heterocycles. The van der Waals surface area contributed by atoms with Gasteiger partial charge >= 0.3 is 39.5 Å². The van der Waals surface area contributed by atoms with Gasteiger partial charge in [-0.3, -0.25) is 37.3 Å². The summed E-state index contributed by atoms with van der Waals surface area (Å²) >= 11 is 0. The minimum Gasteiger partial charge on any atom is -0.462 e. The molecule has 0 aromatic rings. The SMILES string of the molecule is CCCCCCCCCCCCCCCCCCC(=O)OC[C@H](COP(=O)(O)OC[C@@H](O)COP(=O)(O)OC[C@@H](COC(=O)CCCCCCCCCCC(C)C)OC(=O)CCCCCCCCCCCC(C)C)OC(=O)CCCCCCCCCCCCCCCCC(C)CC. The highest BCUT2D eigenvalue weighted by Gasteiger charge is 2.30. The third-order valence-corrected chi connectivity index (χ3v) is 20.4. The summed E-state index contributed by atoms with van der Waals surface area (Å²) in [6.07, 6.45) is 55.5. The molecule has 0 aliphatic heterocycles. The van der Waals surface area contributed by atoms with Crippen molar-refractivity contribution < 1.29 is 80.2 Å². The van der Waals surface area contributed by atoms with Crippen LogP contribution in [0.3, 0.4) is 0 Å². The summed E-state index contributed by atoms with van der Waals surface area (Å²) in [5.41, 5.74) is 0. The molecule has 0 aromatic carbocycles. The summed E-state index contributed by atoms with van der Waals surface area (Å²) < 4.78 is 68.6. The number of hydrogen-bond acceptors (Lipinski definition) is 15. The fourth-order valence-corrected chi connectivity index (χ4v) is 13.5. The minimum atomic E-state index is -4.96. The maximum atomic E-state index is 13.1. The monoisotopic (exact) mass is 1420 g/mol. The van der Waals surface area contributed by atoms with Crippen molar-refractivity contribution in [3.05, 3.63) is 0 Å². The Kier molecular flexibility index (Phi) is 67.1. The first-order chi connectivity index (χ1) is 46.8. The molecular formula is C78H152O17P2. The van der Waals surface area contributed by atoms with E-state index >= 15 is 0 Å². The normalized spacial score (nSPS) is 14.3. The number of aliphatic hydroxyl groups is 1. The number of phosphoric ester groups is 2. The van der Waals surface area contributed by atoms with Crippen LogP contribution in [-0.2, 0) is 65.4 Å². The highest BCUT2D eigenvalue weighted by molar-refractivity contribution is 7.47. The fourth-order valence-electron chi connectivity index (χ4n) is 11.9. The zero-order chi connectivity index (χ0) is 71.6. The Morgan fingerprint density at radius 2 is 0.526 bits per heavy atom. The smallest absolute Gasteiger partial charge is 0.462 e. The molecule has 0 heterocycles. The average molecular weight is 1420 g/mol. The molecule has 19 heteroatoms. The van der Waals surface area contributed by atoms with Crippen LogP contribution in [0.1, 0.15) is 402 Å². The van der Waals surface area contributed by atoms with Gasteiger partial charge in [-0.25, -0.2) is 9.13 Å². The van der Waals surface area contributed by atoms with Crippen LogP contribution >= 0.6 is 15.6 Å². The van der Waals surface area contributed by atoms with Gasteiger partial charge in [-0.1, -0.05) is 350 Å². The van der Waals surface area contributed by atoms with Crippen molar-refractivity contribution in [1.29, 1.82) is 0 Å². The number of rotatable bonds is 76. The first-order valence-electron chi connectivity index (χ1n) is 40.4. The molecule has 576 valence electrons. The van der Waals surface area contributed by atoms with E-state index in [9.17, 15) is 43.2 Å². The summed E-state index contributed by atoms with van der Waals surface area (Å²) in [6, 6.07) is 0. The number of ether oxygens (including phenoxy) is 4. The van der Waals surface area contributed by atoms with Crippen LogP contribution in [0.15, 0.2) is 0 Å². The third kappa shape index (κ3) is 70.9. The zero-order valence-corrected chi connectivity index (χ0v) is 65.3. The second-order valence-corrected chi connectivity index (χ2v) is 32.2. The summed E-state index contributed by atoms with van der Waals surface area (Å²) in [5, 5.41) is 10.6. The lowest BCUT2D eigenvalue weighted by Gasteiger charge is -2.21. The molecule has 0 bridgehead atoms. The maximum Gasteiger partial charge on any atom is 0.472 e. The van der Waals surface area contributed by atoms with Crippen LogP contribution in [0, 0.1) is 17.8 Å². The molecule has 0 spiro atoms. The molecule has 0 aliphatic carbocycles. The molecule has 0 saturated heterocycles. The van der Waals surface area contributed by atoms with E-state index in [4.69, 9.17) is 37.0 Å². The fraction of sp³-hybridized carbons (Fsp3) is 0.949. The number of carbonyl (C=O) groups excluding carboxylic acids is 4. The lowest BCUT2D eigenvalue weighted by atomic mass is 9.99.